The molecule has 212 valence electrons. The van der Waals surface area contributed by atoms with Crippen molar-refractivity contribution in [1.29, 1.82) is 0 Å². The van der Waals surface area contributed by atoms with Gasteiger partial charge in [0.25, 0.3) is 5.91 Å². The van der Waals surface area contributed by atoms with E-state index in [1.54, 1.807) is 13.8 Å². The van der Waals surface area contributed by atoms with Crippen molar-refractivity contribution in [2.45, 2.75) is 63.4 Å². The number of sulfone groups is 1. The van der Waals surface area contributed by atoms with E-state index in [9.17, 15) is 35.2 Å². The molecule has 0 aromatic carbocycles. The molecule has 0 atom stereocenters. The molecule has 2 heterocycles. The summed E-state index contributed by atoms with van der Waals surface area (Å²) in [7, 11) is -3.09. The van der Waals surface area contributed by atoms with Crippen LogP contribution >= 0.6 is 11.6 Å². The summed E-state index contributed by atoms with van der Waals surface area (Å²) in [5.41, 5.74) is 1.21. The summed E-state index contributed by atoms with van der Waals surface area (Å²) in [6, 6.07) is 1.30. The Morgan fingerprint density at radius 2 is 1.82 bits per heavy atom. The van der Waals surface area contributed by atoms with Gasteiger partial charge in [-0.2, -0.15) is 27.1 Å². The third-order valence-corrected chi connectivity index (χ3v) is 8.67. The lowest BCUT2D eigenvalue weighted by Gasteiger charge is -2.27. The van der Waals surface area contributed by atoms with Crippen LogP contribution in [0.5, 0.6) is 0 Å². The lowest BCUT2D eigenvalue weighted by molar-refractivity contribution is -0.275. The van der Waals surface area contributed by atoms with E-state index in [1.807, 2.05) is 5.32 Å². The maximum atomic E-state index is 13.2. The molecule has 1 aliphatic carbocycles. The Morgan fingerprint density at radius 3 is 2.34 bits per heavy atom. The number of carbonyl (C=O) groups is 1. The van der Waals surface area contributed by atoms with Gasteiger partial charge in [0.1, 0.15) is 15.7 Å². The number of hydrogen-bond acceptors (Lipinski definition) is 6. The van der Waals surface area contributed by atoms with Crippen molar-refractivity contribution in [3.63, 3.8) is 0 Å². The average Bonchev–Trinajstić information content (AvgIpc) is 3.16. The molecule has 15 heteroatoms. The molecule has 1 fully saturated rings. The highest BCUT2D eigenvalue weighted by atomic mass is 35.5. The number of amides is 1. The number of aryl methyl sites for hydroxylation is 2. The van der Waals surface area contributed by atoms with Crippen molar-refractivity contribution >= 4 is 33.2 Å². The summed E-state index contributed by atoms with van der Waals surface area (Å²) in [5, 5.41) is 8.79. The van der Waals surface area contributed by atoms with Crippen LogP contribution in [-0.4, -0.2) is 65.8 Å². The Hall–Kier alpha value is -2.48. The van der Waals surface area contributed by atoms with Crippen molar-refractivity contribution in [3.05, 3.63) is 28.5 Å². The van der Waals surface area contributed by atoms with Crippen LogP contribution in [0.3, 0.4) is 0 Å². The summed E-state index contributed by atoms with van der Waals surface area (Å²) in [5.74, 6) is -5.50. The van der Waals surface area contributed by atoms with Crippen LogP contribution < -0.4 is 10.6 Å². The van der Waals surface area contributed by atoms with Gasteiger partial charge < -0.3 is 10.6 Å². The second kappa shape index (κ2) is 11.3. The minimum atomic E-state index is -5.69. The number of nitrogens with zero attached hydrogens (tertiary/aromatic N) is 3. The average molecular weight is 586 g/mol. The molecule has 0 saturated heterocycles. The number of pyridine rings is 1. The van der Waals surface area contributed by atoms with Gasteiger partial charge in [-0.3, -0.25) is 9.48 Å². The molecule has 3 rings (SSSR count). The van der Waals surface area contributed by atoms with Gasteiger partial charge in [-0.15, -0.1) is 0 Å². The van der Waals surface area contributed by atoms with Gasteiger partial charge in [0, 0.05) is 31.1 Å². The van der Waals surface area contributed by atoms with Gasteiger partial charge in [-0.25, -0.2) is 13.4 Å². The van der Waals surface area contributed by atoms with Crippen molar-refractivity contribution < 1.29 is 35.2 Å². The van der Waals surface area contributed by atoms with E-state index in [1.165, 1.54) is 23.2 Å². The summed E-state index contributed by atoms with van der Waals surface area (Å²) < 4.78 is 88.7. The molecule has 1 amide bonds. The molecular formula is C23H29ClF5N5O3S. The fourth-order valence-corrected chi connectivity index (χ4v) is 5.81. The Kier molecular flexibility index (Phi) is 8.96. The summed E-state index contributed by atoms with van der Waals surface area (Å²) in [6.45, 7) is 2.36. The first-order chi connectivity index (χ1) is 17.5. The van der Waals surface area contributed by atoms with Crippen molar-refractivity contribution in [1.82, 2.24) is 20.1 Å². The molecule has 8 nitrogen and oxygen atoms in total. The Balaban J connectivity index is 1.72. The number of aromatic nitrogens is 3. The topological polar surface area (TPSA) is 106 Å². The lowest BCUT2D eigenvalue weighted by atomic mass is 9.89. The smallest absolute Gasteiger partial charge is 0.364 e. The number of hydrogen-bond donors (Lipinski definition) is 2. The standard InChI is InChI=1S/C23H29ClF5N5O3S/c1-4-34-20(16-11-30-17(9-13(16)2)32-12-22(25,26)23(27,28)29)18(24)19(33-34)21(35)31-10-14-5-7-15(8-6-14)38(3,36)37/h9,11,14-15H,4-8,10,12H2,1-3H3,(H,30,32)(H,31,35)/t14-,15-. The molecule has 0 spiro atoms. The van der Waals surface area contributed by atoms with Crippen LogP contribution in [0.15, 0.2) is 12.3 Å². The normalized spacial score (nSPS) is 18.9. The van der Waals surface area contributed by atoms with Gasteiger partial charge in [0.15, 0.2) is 5.69 Å². The fourth-order valence-electron chi connectivity index (χ4n) is 4.36. The van der Waals surface area contributed by atoms with Gasteiger partial charge in [0.2, 0.25) is 0 Å². The molecule has 2 aromatic heterocycles. The summed E-state index contributed by atoms with van der Waals surface area (Å²) in [6.07, 6.45) is -0.777. The van der Waals surface area contributed by atoms with E-state index < -0.39 is 34.4 Å². The highest BCUT2D eigenvalue weighted by Crippen LogP contribution is 2.36. The monoisotopic (exact) mass is 585 g/mol. The van der Waals surface area contributed by atoms with Crippen LogP contribution in [0, 0.1) is 12.8 Å². The molecule has 0 aliphatic heterocycles. The predicted octanol–water partition coefficient (Wildman–Crippen LogP) is 4.87. The van der Waals surface area contributed by atoms with Crippen LogP contribution in [0.2, 0.25) is 5.02 Å². The molecule has 38 heavy (non-hydrogen) atoms. The molecule has 2 aromatic rings. The highest BCUT2D eigenvalue weighted by molar-refractivity contribution is 7.91. The first-order valence-electron chi connectivity index (χ1n) is 11.9. The molecule has 0 radical (unpaired) electrons. The van der Waals surface area contributed by atoms with E-state index in [4.69, 9.17) is 11.6 Å². The maximum absolute atomic E-state index is 13.2. The fraction of sp³-hybridized carbons (Fsp3) is 0.609. The Morgan fingerprint density at radius 1 is 1.18 bits per heavy atom. The van der Waals surface area contributed by atoms with E-state index in [0.29, 0.717) is 55.6 Å². The number of alkyl halides is 5. The Labute approximate surface area is 222 Å². The number of anilines is 1. The van der Waals surface area contributed by atoms with Crippen LogP contribution in [0.25, 0.3) is 11.3 Å². The van der Waals surface area contributed by atoms with Gasteiger partial charge in [-0.05, 0) is 57.1 Å². The first kappa shape index (κ1) is 30.1. The second-order valence-electron chi connectivity index (χ2n) is 9.45. The van der Waals surface area contributed by atoms with E-state index in [-0.39, 0.29) is 27.7 Å². The zero-order chi connectivity index (χ0) is 28.5. The molecule has 1 saturated carbocycles. The summed E-state index contributed by atoms with van der Waals surface area (Å²) in [4.78, 5) is 16.8. The number of halogens is 6. The quantitative estimate of drug-likeness (QED) is 0.407. The second-order valence-corrected chi connectivity index (χ2v) is 12.2. The third kappa shape index (κ3) is 6.74. The largest absolute Gasteiger partial charge is 0.455 e. The highest BCUT2D eigenvalue weighted by Gasteiger charge is 2.57. The van der Waals surface area contributed by atoms with Crippen LogP contribution in [-0.2, 0) is 16.4 Å². The zero-order valence-electron chi connectivity index (χ0n) is 21.0. The van der Waals surface area contributed by atoms with Crippen LogP contribution in [0.4, 0.5) is 27.8 Å². The van der Waals surface area contributed by atoms with E-state index in [0.717, 1.165) is 0 Å². The minimum absolute atomic E-state index is 0.0280. The minimum Gasteiger partial charge on any atom is -0.364 e. The SMILES string of the molecule is CCn1nc(C(=O)NC[C@H]2CC[C@H](S(C)(=O)=O)CC2)c(Cl)c1-c1cnc(NCC(F)(F)C(F)(F)F)cc1C. The van der Waals surface area contributed by atoms with Crippen molar-refractivity contribution in [2.24, 2.45) is 5.92 Å². The maximum Gasteiger partial charge on any atom is 0.455 e. The number of nitrogens with one attached hydrogen (secondary N) is 2. The lowest BCUT2D eigenvalue weighted by Crippen LogP contribution is -2.42. The number of carbonyl (C=O) groups excluding carboxylic acids is 1. The van der Waals surface area contributed by atoms with Crippen molar-refractivity contribution in [3.8, 4) is 11.3 Å². The summed E-state index contributed by atoms with van der Waals surface area (Å²) >= 11 is 6.53. The molecule has 0 unspecified atom stereocenters. The van der Waals surface area contributed by atoms with Crippen molar-refractivity contribution in [2.75, 3.05) is 24.7 Å². The molecular weight excluding hydrogens is 557 g/mol. The number of rotatable bonds is 9. The van der Waals surface area contributed by atoms with Gasteiger partial charge in [0.05, 0.1) is 22.5 Å². The first-order valence-corrected chi connectivity index (χ1v) is 14.3. The zero-order valence-corrected chi connectivity index (χ0v) is 22.6. The molecule has 1 aliphatic rings. The Bertz CT molecular complexity index is 1270. The molecule has 0 bridgehead atoms. The third-order valence-electron chi connectivity index (χ3n) is 6.63. The van der Waals surface area contributed by atoms with Gasteiger partial charge >= 0.3 is 12.1 Å². The van der Waals surface area contributed by atoms with Crippen LogP contribution in [0.1, 0.15) is 48.7 Å². The van der Waals surface area contributed by atoms with Gasteiger partial charge in [-0.1, -0.05) is 11.6 Å². The van der Waals surface area contributed by atoms with E-state index in [2.05, 4.69) is 15.4 Å². The molecule has 2 N–H and O–H groups in total. The van der Waals surface area contributed by atoms with E-state index >= 15 is 0 Å². The predicted molar refractivity (Wildman–Crippen MR) is 133 cm³/mol.